The van der Waals surface area contributed by atoms with E-state index in [-0.39, 0.29) is 17.2 Å². The summed E-state index contributed by atoms with van der Waals surface area (Å²) < 4.78 is 5.08. The number of hydrogen-bond acceptors (Lipinski definition) is 4. The van der Waals surface area contributed by atoms with Gasteiger partial charge >= 0.3 is 0 Å². The van der Waals surface area contributed by atoms with Crippen LogP contribution in [0, 0.1) is 0 Å². The Morgan fingerprint density at radius 2 is 2.18 bits per heavy atom. The van der Waals surface area contributed by atoms with Crippen molar-refractivity contribution in [3.8, 4) is 11.5 Å². The number of phenols is 1. The molecule has 1 fully saturated rings. The zero-order valence-electron chi connectivity index (χ0n) is 10.1. The van der Waals surface area contributed by atoms with Crippen molar-refractivity contribution in [2.75, 3.05) is 7.11 Å². The summed E-state index contributed by atoms with van der Waals surface area (Å²) >= 11 is 0. The first-order valence-electron chi connectivity index (χ1n) is 5.67. The van der Waals surface area contributed by atoms with Crippen LogP contribution in [0.1, 0.15) is 35.7 Å². The zero-order valence-corrected chi connectivity index (χ0v) is 10.1. The minimum atomic E-state index is -0.128. The van der Waals surface area contributed by atoms with Crippen LogP contribution in [0.2, 0.25) is 0 Å². The fourth-order valence-corrected chi connectivity index (χ4v) is 2.38. The smallest absolute Gasteiger partial charge is 0.160 e. The number of carbonyl (C=O) groups is 1. The normalized spacial score (nSPS) is 18.5. The Kier molecular flexibility index (Phi) is 2.83. The molecule has 0 heterocycles. The second-order valence-corrected chi connectivity index (χ2v) is 4.67. The SMILES string of the molecule is COc1cc(C2(C(C)N)CC2)c(C=O)cc1O. The molecule has 0 radical (unpaired) electrons. The molecule has 0 bridgehead atoms. The topological polar surface area (TPSA) is 72.5 Å². The molecule has 3 N–H and O–H groups in total. The van der Waals surface area contributed by atoms with Crippen molar-refractivity contribution in [1.82, 2.24) is 0 Å². The predicted octanol–water partition coefficient (Wildman–Crippen LogP) is 1.59. The van der Waals surface area contributed by atoms with E-state index in [1.807, 2.05) is 6.92 Å². The summed E-state index contributed by atoms with van der Waals surface area (Å²) in [5.74, 6) is 0.372. The maximum absolute atomic E-state index is 11.1. The van der Waals surface area contributed by atoms with Gasteiger partial charge in [0.25, 0.3) is 0 Å². The molecule has 0 amide bonds. The summed E-state index contributed by atoms with van der Waals surface area (Å²) in [7, 11) is 1.49. The molecule has 1 unspecified atom stereocenters. The molecule has 4 nitrogen and oxygen atoms in total. The first-order valence-corrected chi connectivity index (χ1v) is 5.67. The van der Waals surface area contributed by atoms with Crippen LogP contribution in [0.25, 0.3) is 0 Å². The highest BCUT2D eigenvalue weighted by Gasteiger charge is 2.48. The third-order valence-electron chi connectivity index (χ3n) is 3.67. The van der Waals surface area contributed by atoms with Crippen molar-refractivity contribution in [1.29, 1.82) is 0 Å². The van der Waals surface area contributed by atoms with Gasteiger partial charge in [-0.25, -0.2) is 0 Å². The summed E-state index contributed by atoms with van der Waals surface area (Å²) in [5, 5.41) is 9.66. The van der Waals surface area contributed by atoms with E-state index in [2.05, 4.69) is 0 Å². The van der Waals surface area contributed by atoms with Crippen LogP contribution in [0.3, 0.4) is 0 Å². The molecule has 1 aromatic carbocycles. The Labute approximate surface area is 100 Å². The van der Waals surface area contributed by atoms with Crippen LogP contribution in [-0.4, -0.2) is 24.5 Å². The van der Waals surface area contributed by atoms with Gasteiger partial charge in [0.05, 0.1) is 7.11 Å². The number of ether oxygens (including phenoxy) is 1. The van der Waals surface area contributed by atoms with Crippen LogP contribution in [-0.2, 0) is 5.41 Å². The largest absolute Gasteiger partial charge is 0.504 e. The van der Waals surface area contributed by atoms with Gasteiger partial charge in [-0.1, -0.05) is 0 Å². The monoisotopic (exact) mass is 235 g/mol. The highest BCUT2D eigenvalue weighted by Crippen LogP contribution is 2.52. The second kappa shape index (κ2) is 4.04. The fraction of sp³-hybridized carbons (Fsp3) is 0.462. The molecule has 1 aromatic rings. The number of aromatic hydroxyl groups is 1. The van der Waals surface area contributed by atoms with Crippen LogP contribution in [0.5, 0.6) is 11.5 Å². The second-order valence-electron chi connectivity index (χ2n) is 4.67. The molecule has 1 atom stereocenters. The number of rotatable bonds is 4. The van der Waals surface area contributed by atoms with Crippen LogP contribution in [0.4, 0.5) is 0 Å². The van der Waals surface area contributed by atoms with Gasteiger partial charge in [-0.2, -0.15) is 0 Å². The van der Waals surface area contributed by atoms with E-state index in [0.29, 0.717) is 11.3 Å². The molecule has 1 aliphatic rings. The van der Waals surface area contributed by atoms with Crippen LogP contribution < -0.4 is 10.5 Å². The highest BCUT2D eigenvalue weighted by atomic mass is 16.5. The maximum atomic E-state index is 11.1. The molecule has 92 valence electrons. The van der Waals surface area contributed by atoms with Gasteiger partial charge in [-0.15, -0.1) is 0 Å². The van der Waals surface area contributed by atoms with E-state index < -0.39 is 0 Å². The van der Waals surface area contributed by atoms with Crippen molar-refractivity contribution >= 4 is 6.29 Å². The Bertz CT molecular complexity index is 450. The molecule has 0 saturated heterocycles. The Hall–Kier alpha value is -1.55. The third kappa shape index (κ3) is 1.78. The van der Waals surface area contributed by atoms with Crippen LogP contribution in [0.15, 0.2) is 12.1 Å². The zero-order chi connectivity index (χ0) is 12.6. The van der Waals surface area contributed by atoms with Gasteiger partial charge in [0.1, 0.15) is 6.29 Å². The Morgan fingerprint density at radius 3 is 2.59 bits per heavy atom. The van der Waals surface area contributed by atoms with Crippen molar-refractivity contribution in [2.45, 2.75) is 31.2 Å². The lowest BCUT2D eigenvalue weighted by Crippen LogP contribution is -2.32. The quantitative estimate of drug-likeness (QED) is 0.777. The molecule has 17 heavy (non-hydrogen) atoms. The van der Waals surface area contributed by atoms with Gasteiger partial charge in [0.15, 0.2) is 11.5 Å². The number of nitrogens with two attached hydrogens (primary N) is 1. The Balaban J connectivity index is 2.56. The lowest BCUT2D eigenvalue weighted by Gasteiger charge is -2.22. The molecule has 1 aliphatic carbocycles. The average molecular weight is 235 g/mol. The summed E-state index contributed by atoms with van der Waals surface area (Å²) in [5.41, 5.74) is 7.26. The van der Waals surface area contributed by atoms with E-state index >= 15 is 0 Å². The lowest BCUT2D eigenvalue weighted by atomic mass is 9.86. The molecule has 2 rings (SSSR count). The molecule has 4 heteroatoms. The third-order valence-corrected chi connectivity index (χ3v) is 3.67. The summed E-state index contributed by atoms with van der Waals surface area (Å²) in [6, 6.07) is 3.16. The number of methoxy groups -OCH3 is 1. The van der Waals surface area contributed by atoms with E-state index in [4.69, 9.17) is 10.5 Å². The first-order chi connectivity index (χ1) is 8.05. The van der Waals surface area contributed by atoms with Gasteiger partial charge in [-0.3, -0.25) is 4.79 Å². The van der Waals surface area contributed by atoms with Gasteiger partial charge < -0.3 is 15.6 Å². The lowest BCUT2D eigenvalue weighted by molar-refractivity contribution is 0.112. The molecule has 0 spiro atoms. The minimum absolute atomic E-state index is 0.0150. The molecular formula is C13H17NO3. The summed E-state index contributed by atoms with van der Waals surface area (Å²) in [4.78, 5) is 11.1. The highest BCUT2D eigenvalue weighted by molar-refractivity contribution is 5.80. The van der Waals surface area contributed by atoms with Gasteiger partial charge in [0, 0.05) is 17.0 Å². The minimum Gasteiger partial charge on any atom is -0.504 e. The number of aldehydes is 1. The number of phenolic OH excluding ortho intramolecular Hbond substituents is 1. The standard InChI is InChI=1S/C13H17NO3/c1-8(14)13(3-4-13)10-6-12(17-2)11(16)5-9(10)7-15/h5-8,16H,3-4,14H2,1-2H3. The molecule has 1 saturated carbocycles. The number of benzene rings is 1. The Morgan fingerprint density at radius 1 is 1.53 bits per heavy atom. The summed E-state index contributed by atoms with van der Waals surface area (Å²) in [6.07, 6.45) is 2.70. The maximum Gasteiger partial charge on any atom is 0.160 e. The average Bonchev–Trinajstić information content (AvgIpc) is 3.09. The van der Waals surface area contributed by atoms with Crippen molar-refractivity contribution in [2.24, 2.45) is 5.73 Å². The summed E-state index contributed by atoms with van der Waals surface area (Å²) in [6.45, 7) is 1.95. The van der Waals surface area contributed by atoms with E-state index in [9.17, 15) is 9.90 Å². The van der Waals surface area contributed by atoms with Crippen LogP contribution >= 0.6 is 0 Å². The molecular weight excluding hydrogens is 218 g/mol. The predicted molar refractivity (Wildman–Crippen MR) is 64.6 cm³/mol. The number of hydrogen-bond donors (Lipinski definition) is 2. The van der Waals surface area contributed by atoms with E-state index in [1.165, 1.54) is 13.2 Å². The van der Waals surface area contributed by atoms with Gasteiger partial charge in [-0.05, 0) is 37.5 Å². The van der Waals surface area contributed by atoms with Crippen molar-refractivity contribution in [3.05, 3.63) is 23.3 Å². The molecule has 0 aromatic heterocycles. The molecule has 0 aliphatic heterocycles. The number of carbonyl (C=O) groups excluding carboxylic acids is 1. The first kappa shape index (κ1) is 11.9. The van der Waals surface area contributed by atoms with Crippen molar-refractivity contribution in [3.63, 3.8) is 0 Å². The van der Waals surface area contributed by atoms with E-state index in [0.717, 1.165) is 24.7 Å². The van der Waals surface area contributed by atoms with Crippen molar-refractivity contribution < 1.29 is 14.6 Å². The fourth-order valence-electron chi connectivity index (χ4n) is 2.38. The van der Waals surface area contributed by atoms with E-state index in [1.54, 1.807) is 6.07 Å². The van der Waals surface area contributed by atoms with Gasteiger partial charge in [0.2, 0.25) is 0 Å².